The fraction of sp³-hybridized carbons (Fsp3) is 0.391. The Morgan fingerprint density at radius 3 is 2.43 bits per heavy atom. The zero-order chi connectivity index (χ0) is 20.9. The summed E-state index contributed by atoms with van der Waals surface area (Å²) in [7, 11) is 1.83. The molecule has 158 valence electrons. The monoisotopic (exact) mass is 425 g/mol. The Balaban J connectivity index is 1.50. The highest BCUT2D eigenvalue weighted by molar-refractivity contribution is 7.99. The van der Waals surface area contributed by atoms with E-state index in [0.29, 0.717) is 26.3 Å². The number of anilines is 1. The van der Waals surface area contributed by atoms with Crippen LogP contribution in [0.2, 0.25) is 0 Å². The van der Waals surface area contributed by atoms with Crippen LogP contribution in [0.1, 0.15) is 11.6 Å². The first-order valence-corrected chi connectivity index (χ1v) is 11.2. The second-order valence-corrected chi connectivity index (χ2v) is 8.70. The van der Waals surface area contributed by atoms with E-state index < -0.39 is 0 Å². The van der Waals surface area contributed by atoms with Gasteiger partial charge in [0.25, 0.3) is 0 Å². The van der Waals surface area contributed by atoms with Gasteiger partial charge in [0, 0.05) is 23.7 Å². The van der Waals surface area contributed by atoms with Gasteiger partial charge >= 0.3 is 0 Å². The van der Waals surface area contributed by atoms with Crippen molar-refractivity contribution in [3.63, 3.8) is 0 Å². The van der Waals surface area contributed by atoms with Crippen LogP contribution in [0.5, 0.6) is 0 Å². The second-order valence-electron chi connectivity index (χ2n) is 7.63. The Morgan fingerprint density at radius 1 is 1.00 bits per heavy atom. The number of carbonyl (C=O) groups is 2. The van der Waals surface area contributed by atoms with Gasteiger partial charge in [0.15, 0.2) is 0 Å². The fourth-order valence-corrected chi connectivity index (χ4v) is 5.09. The molecule has 7 heteroatoms. The summed E-state index contributed by atoms with van der Waals surface area (Å²) in [5.74, 6) is 0.861. The Bertz CT molecular complexity index is 886. The second kappa shape index (κ2) is 9.64. The molecule has 0 radical (unpaired) electrons. The molecule has 0 spiro atoms. The zero-order valence-electron chi connectivity index (χ0n) is 17.2. The van der Waals surface area contributed by atoms with Crippen molar-refractivity contribution in [2.75, 3.05) is 57.1 Å². The summed E-state index contributed by atoms with van der Waals surface area (Å²) >= 11 is 1.78. The van der Waals surface area contributed by atoms with Crippen molar-refractivity contribution in [2.45, 2.75) is 10.9 Å². The minimum absolute atomic E-state index is 0.00822. The molecule has 1 saturated heterocycles. The molecule has 0 aromatic heterocycles. The Labute approximate surface area is 181 Å². The predicted octanol–water partition coefficient (Wildman–Crippen LogP) is 2.66. The quantitative estimate of drug-likeness (QED) is 0.737. The number of nitrogens with zero attached hydrogens (tertiary/aromatic N) is 3. The third-order valence-electron chi connectivity index (χ3n) is 5.46. The molecular formula is C23H27N3O3S. The first-order chi connectivity index (χ1) is 14.6. The van der Waals surface area contributed by atoms with Gasteiger partial charge in [-0.3, -0.25) is 14.5 Å². The van der Waals surface area contributed by atoms with Crippen LogP contribution in [0.15, 0.2) is 59.5 Å². The van der Waals surface area contributed by atoms with Crippen molar-refractivity contribution in [1.29, 1.82) is 0 Å². The highest BCUT2D eigenvalue weighted by Gasteiger charge is 2.33. The Kier molecular flexibility index (Phi) is 6.72. The van der Waals surface area contributed by atoms with Crippen molar-refractivity contribution >= 4 is 29.3 Å². The van der Waals surface area contributed by atoms with Gasteiger partial charge in [-0.2, -0.15) is 0 Å². The maximum absolute atomic E-state index is 13.4. The molecule has 0 unspecified atom stereocenters. The molecule has 2 aliphatic heterocycles. The van der Waals surface area contributed by atoms with Crippen LogP contribution in [0, 0.1) is 0 Å². The lowest BCUT2D eigenvalue weighted by Crippen LogP contribution is -2.48. The van der Waals surface area contributed by atoms with Gasteiger partial charge < -0.3 is 14.5 Å². The topological polar surface area (TPSA) is 53.1 Å². The third-order valence-corrected chi connectivity index (χ3v) is 6.60. The number of rotatable bonds is 5. The van der Waals surface area contributed by atoms with Crippen molar-refractivity contribution in [3.05, 3.63) is 60.2 Å². The zero-order valence-corrected chi connectivity index (χ0v) is 18.0. The average molecular weight is 426 g/mol. The molecule has 2 amide bonds. The molecule has 2 aliphatic rings. The van der Waals surface area contributed by atoms with E-state index in [1.165, 1.54) is 0 Å². The van der Waals surface area contributed by atoms with Crippen LogP contribution in [0.3, 0.4) is 0 Å². The summed E-state index contributed by atoms with van der Waals surface area (Å²) in [6, 6.07) is 18.2. The summed E-state index contributed by atoms with van der Waals surface area (Å²) < 4.78 is 5.32. The molecule has 2 heterocycles. The number of morpholine rings is 1. The third kappa shape index (κ3) is 4.69. The Hall–Kier alpha value is -2.35. The molecule has 30 heavy (non-hydrogen) atoms. The normalized spacial score (nSPS) is 18.9. The number of hydrogen-bond donors (Lipinski definition) is 0. The summed E-state index contributed by atoms with van der Waals surface area (Å²) in [4.78, 5) is 32.6. The van der Waals surface area contributed by atoms with Gasteiger partial charge in [0.05, 0.1) is 38.0 Å². The molecular weight excluding hydrogens is 398 g/mol. The molecule has 1 atom stereocenters. The number of fused-ring (bicyclic) bond motifs is 1. The number of ether oxygens (including phenoxy) is 1. The van der Waals surface area contributed by atoms with Crippen LogP contribution in [0.25, 0.3) is 0 Å². The van der Waals surface area contributed by atoms with Gasteiger partial charge in [-0.25, -0.2) is 0 Å². The van der Waals surface area contributed by atoms with E-state index in [2.05, 4.69) is 18.2 Å². The van der Waals surface area contributed by atoms with Crippen molar-refractivity contribution in [2.24, 2.45) is 0 Å². The standard InChI is InChI=1S/C23H27N3O3S/c1-24(15-22(27)25-11-13-29-14-12-25)16-23(28)26-19-9-5-6-10-21(19)30-17-20(26)18-7-3-2-4-8-18/h2-10,20H,11-17H2,1H3/t20-/m0/s1. The summed E-state index contributed by atoms with van der Waals surface area (Å²) in [6.45, 7) is 2.82. The lowest BCUT2D eigenvalue weighted by molar-refractivity contribution is -0.136. The highest BCUT2D eigenvalue weighted by Crippen LogP contribution is 2.43. The van der Waals surface area contributed by atoms with Crippen molar-refractivity contribution in [1.82, 2.24) is 9.80 Å². The van der Waals surface area contributed by atoms with Crippen LogP contribution in [-0.4, -0.2) is 73.8 Å². The number of carbonyl (C=O) groups excluding carboxylic acids is 2. The van der Waals surface area contributed by atoms with Gasteiger partial charge in [-0.15, -0.1) is 11.8 Å². The van der Waals surface area contributed by atoms with Crippen molar-refractivity contribution in [3.8, 4) is 0 Å². The molecule has 2 aromatic carbocycles. The largest absolute Gasteiger partial charge is 0.378 e. The number of likely N-dealkylation sites (N-methyl/N-ethyl adjacent to an activating group) is 1. The fourth-order valence-electron chi connectivity index (χ4n) is 3.92. The summed E-state index contributed by atoms with van der Waals surface area (Å²) in [5, 5.41) is 0. The number of amides is 2. The van der Waals surface area contributed by atoms with Crippen molar-refractivity contribution < 1.29 is 14.3 Å². The van der Waals surface area contributed by atoms with E-state index in [1.807, 2.05) is 58.1 Å². The molecule has 6 nitrogen and oxygen atoms in total. The first kappa shape index (κ1) is 20.9. The van der Waals surface area contributed by atoms with Crippen LogP contribution in [-0.2, 0) is 14.3 Å². The smallest absolute Gasteiger partial charge is 0.241 e. The van der Waals surface area contributed by atoms with Crippen LogP contribution in [0.4, 0.5) is 5.69 Å². The van der Waals surface area contributed by atoms with E-state index in [-0.39, 0.29) is 30.9 Å². The number of hydrogen-bond acceptors (Lipinski definition) is 5. The summed E-state index contributed by atoms with van der Waals surface area (Å²) in [5.41, 5.74) is 2.07. The lowest BCUT2D eigenvalue weighted by Gasteiger charge is -2.38. The molecule has 0 N–H and O–H groups in total. The number of para-hydroxylation sites is 1. The van der Waals surface area contributed by atoms with Crippen LogP contribution < -0.4 is 4.90 Å². The molecule has 2 aromatic rings. The van der Waals surface area contributed by atoms with E-state index in [1.54, 1.807) is 11.8 Å². The highest BCUT2D eigenvalue weighted by atomic mass is 32.2. The minimum Gasteiger partial charge on any atom is -0.378 e. The number of benzene rings is 2. The van der Waals surface area contributed by atoms with Gasteiger partial charge in [-0.05, 0) is 24.7 Å². The first-order valence-electron chi connectivity index (χ1n) is 10.3. The number of thioether (sulfide) groups is 1. The predicted molar refractivity (Wildman–Crippen MR) is 119 cm³/mol. The van der Waals surface area contributed by atoms with Gasteiger partial charge in [0.1, 0.15) is 0 Å². The lowest BCUT2D eigenvalue weighted by atomic mass is 10.1. The molecule has 0 bridgehead atoms. The molecule has 0 aliphatic carbocycles. The SMILES string of the molecule is CN(CC(=O)N1CCOCC1)CC(=O)N1c2ccccc2SC[C@H]1c1ccccc1. The van der Waals surface area contributed by atoms with Crippen LogP contribution >= 0.6 is 11.8 Å². The maximum Gasteiger partial charge on any atom is 0.241 e. The minimum atomic E-state index is -0.0260. The van der Waals surface area contributed by atoms with E-state index in [0.717, 1.165) is 21.9 Å². The Morgan fingerprint density at radius 2 is 1.67 bits per heavy atom. The maximum atomic E-state index is 13.4. The van der Waals surface area contributed by atoms with E-state index in [9.17, 15) is 9.59 Å². The molecule has 4 rings (SSSR count). The molecule has 0 saturated carbocycles. The van der Waals surface area contributed by atoms with E-state index in [4.69, 9.17) is 4.74 Å². The molecule has 1 fully saturated rings. The average Bonchev–Trinajstić information content (AvgIpc) is 2.79. The van der Waals surface area contributed by atoms with Gasteiger partial charge in [-0.1, -0.05) is 42.5 Å². The van der Waals surface area contributed by atoms with E-state index >= 15 is 0 Å². The van der Waals surface area contributed by atoms with Gasteiger partial charge in [0.2, 0.25) is 11.8 Å². The summed E-state index contributed by atoms with van der Waals surface area (Å²) in [6.07, 6.45) is 0.